The van der Waals surface area contributed by atoms with Crippen molar-refractivity contribution in [2.75, 3.05) is 13.7 Å². The first-order valence-electron chi connectivity index (χ1n) is 10.1. The molecule has 0 saturated heterocycles. The number of aliphatic hydroxyl groups is 1. The van der Waals surface area contributed by atoms with Crippen LogP contribution in [-0.4, -0.2) is 24.5 Å². The first-order valence-corrected chi connectivity index (χ1v) is 10.1. The summed E-state index contributed by atoms with van der Waals surface area (Å²) >= 11 is 0. The van der Waals surface area contributed by atoms with Gasteiger partial charge in [-0.05, 0) is 73.7 Å². The van der Waals surface area contributed by atoms with Gasteiger partial charge in [-0.15, -0.1) is 0 Å². The lowest BCUT2D eigenvalue weighted by Crippen LogP contribution is -2.55. The fraction of sp³-hybridized carbons (Fsp3) is 0.818. The molecule has 0 amide bonds. The van der Waals surface area contributed by atoms with Gasteiger partial charge in [0.05, 0.1) is 19.5 Å². The Morgan fingerprint density at radius 3 is 2.88 bits per heavy atom. The average Bonchev–Trinajstić information content (AvgIpc) is 3.26. The molecule has 0 heterocycles. The zero-order valence-corrected chi connectivity index (χ0v) is 15.8. The predicted octanol–water partition coefficient (Wildman–Crippen LogP) is 4.79. The first kappa shape index (κ1) is 16.4. The Balaban J connectivity index is 1.54. The molecular formula is C22H31FO2. The summed E-state index contributed by atoms with van der Waals surface area (Å²) in [4.78, 5) is 0. The molecule has 7 atom stereocenters. The molecule has 5 rings (SSSR count). The standard InChI is InChI=1S/C22H31FO2/c1-13-8-14-9-16(25-3)4-5-17(14)18-6-7-20(2)21(23,12-24)10-15-11-22(15,20)19(13)18/h4,13,15,18-19,24H,5-12H2,1-3H3/t13-,15+,18-,19-,20-,21-,22-/m1/s1. The number of alkyl halides is 1. The van der Waals surface area contributed by atoms with Crippen LogP contribution in [0.15, 0.2) is 23.0 Å². The highest BCUT2D eigenvalue weighted by molar-refractivity contribution is 5.38. The summed E-state index contributed by atoms with van der Waals surface area (Å²) in [5.41, 5.74) is 1.74. The van der Waals surface area contributed by atoms with Crippen molar-refractivity contribution in [3.8, 4) is 0 Å². The summed E-state index contributed by atoms with van der Waals surface area (Å²) in [6, 6.07) is 0. The lowest BCUT2D eigenvalue weighted by molar-refractivity contribution is -0.119. The van der Waals surface area contributed by atoms with Gasteiger partial charge in [0.1, 0.15) is 5.67 Å². The van der Waals surface area contributed by atoms with E-state index in [1.165, 1.54) is 6.42 Å². The third kappa shape index (κ3) is 1.74. The van der Waals surface area contributed by atoms with Gasteiger partial charge in [-0.3, -0.25) is 0 Å². The zero-order chi connectivity index (χ0) is 17.6. The lowest BCUT2D eigenvalue weighted by Gasteiger charge is -2.57. The van der Waals surface area contributed by atoms with E-state index in [4.69, 9.17) is 4.74 Å². The molecule has 1 N–H and O–H groups in total. The molecular weight excluding hydrogens is 315 g/mol. The minimum atomic E-state index is -1.36. The van der Waals surface area contributed by atoms with Crippen molar-refractivity contribution in [1.29, 1.82) is 0 Å². The molecule has 0 unspecified atom stereocenters. The van der Waals surface area contributed by atoms with E-state index in [-0.39, 0.29) is 17.4 Å². The Hall–Kier alpha value is -0.830. The Bertz CT molecular complexity index is 682. The Labute approximate surface area is 150 Å². The Morgan fingerprint density at radius 2 is 2.16 bits per heavy atom. The number of allylic oxidation sites excluding steroid dienone is 3. The molecule has 3 heteroatoms. The SMILES string of the molecule is COC1=CCC2=C(C1)C[C@@H](C)[C@@H]1[C@@H]2CC[C@]2(C)[C@](F)(CO)C[C@H]3C[C@@]312. The van der Waals surface area contributed by atoms with Crippen LogP contribution in [0.25, 0.3) is 0 Å². The maximum absolute atomic E-state index is 15.7. The van der Waals surface area contributed by atoms with Crippen molar-refractivity contribution < 1.29 is 14.2 Å². The van der Waals surface area contributed by atoms with E-state index in [2.05, 4.69) is 19.9 Å². The van der Waals surface area contributed by atoms with Gasteiger partial charge < -0.3 is 9.84 Å². The number of ether oxygens (including phenoxy) is 1. The molecule has 0 bridgehead atoms. The molecule has 0 aliphatic heterocycles. The van der Waals surface area contributed by atoms with Crippen molar-refractivity contribution in [3.63, 3.8) is 0 Å². The number of hydrogen-bond acceptors (Lipinski definition) is 2. The van der Waals surface area contributed by atoms with Gasteiger partial charge in [-0.25, -0.2) is 4.39 Å². The van der Waals surface area contributed by atoms with Crippen molar-refractivity contribution in [1.82, 2.24) is 0 Å². The number of fused-ring (bicyclic) bond motifs is 2. The van der Waals surface area contributed by atoms with Crippen LogP contribution in [0.2, 0.25) is 0 Å². The monoisotopic (exact) mass is 346 g/mol. The Kier molecular flexibility index (Phi) is 3.21. The second-order valence-electron chi connectivity index (χ2n) is 9.84. The Morgan fingerprint density at radius 1 is 1.36 bits per heavy atom. The van der Waals surface area contributed by atoms with E-state index in [0.717, 1.165) is 37.9 Å². The highest BCUT2D eigenvalue weighted by Crippen LogP contribution is 2.84. The minimum Gasteiger partial charge on any atom is -0.501 e. The van der Waals surface area contributed by atoms with Crippen molar-refractivity contribution in [3.05, 3.63) is 23.0 Å². The highest BCUT2D eigenvalue weighted by atomic mass is 19.1. The molecule has 5 aliphatic rings. The molecule has 2 nitrogen and oxygen atoms in total. The number of hydrogen-bond donors (Lipinski definition) is 1. The summed E-state index contributed by atoms with van der Waals surface area (Å²) in [5.74, 6) is 3.48. The smallest absolute Gasteiger partial charge is 0.140 e. The number of methoxy groups -OCH3 is 1. The van der Waals surface area contributed by atoms with Gasteiger partial charge in [0.15, 0.2) is 0 Å². The van der Waals surface area contributed by atoms with Crippen molar-refractivity contribution in [2.45, 2.75) is 64.5 Å². The van der Waals surface area contributed by atoms with E-state index in [9.17, 15) is 5.11 Å². The van der Waals surface area contributed by atoms with Crippen LogP contribution < -0.4 is 0 Å². The summed E-state index contributed by atoms with van der Waals surface area (Å²) in [6.07, 6.45) is 9.26. The zero-order valence-electron chi connectivity index (χ0n) is 15.8. The largest absolute Gasteiger partial charge is 0.501 e. The quantitative estimate of drug-likeness (QED) is 0.729. The molecule has 5 aliphatic carbocycles. The van der Waals surface area contributed by atoms with Gasteiger partial charge in [0.25, 0.3) is 0 Å². The van der Waals surface area contributed by atoms with E-state index < -0.39 is 5.67 Å². The van der Waals surface area contributed by atoms with Crippen LogP contribution >= 0.6 is 0 Å². The summed E-state index contributed by atoms with van der Waals surface area (Å²) < 4.78 is 21.2. The number of rotatable bonds is 2. The normalized spacial score (nSPS) is 53.4. The molecule has 0 aromatic heterocycles. The fourth-order valence-electron chi connectivity index (χ4n) is 8.11. The van der Waals surface area contributed by atoms with Gasteiger partial charge in [0.2, 0.25) is 0 Å². The molecule has 3 saturated carbocycles. The maximum Gasteiger partial charge on any atom is 0.140 e. The fourth-order valence-corrected chi connectivity index (χ4v) is 8.11. The number of halogens is 1. The minimum absolute atomic E-state index is 0.149. The second kappa shape index (κ2) is 4.91. The molecule has 0 radical (unpaired) electrons. The van der Waals surface area contributed by atoms with Crippen LogP contribution in [0, 0.1) is 34.5 Å². The molecule has 138 valence electrons. The molecule has 25 heavy (non-hydrogen) atoms. The molecule has 3 fully saturated rings. The summed E-state index contributed by atoms with van der Waals surface area (Å²) in [5, 5.41) is 9.86. The van der Waals surface area contributed by atoms with Gasteiger partial charge in [-0.1, -0.05) is 25.0 Å². The van der Waals surface area contributed by atoms with Crippen LogP contribution in [0.5, 0.6) is 0 Å². The van der Waals surface area contributed by atoms with Gasteiger partial charge >= 0.3 is 0 Å². The van der Waals surface area contributed by atoms with Gasteiger partial charge in [0, 0.05) is 11.8 Å². The van der Waals surface area contributed by atoms with E-state index in [1.807, 2.05) is 0 Å². The summed E-state index contributed by atoms with van der Waals surface area (Å²) in [6.45, 7) is 4.29. The average molecular weight is 346 g/mol. The maximum atomic E-state index is 15.7. The van der Waals surface area contributed by atoms with E-state index >= 15 is 4.39 Å². The highest BCUT2D eigenvalue weighted by Gasteiger charge is 2.82. The van der Waals surface area contributed by atoms with Crippen molar-refractivity contribution >= 4 is 0 Å². The second-order valence-corrected chi connectivity index (χ2v) is 9.84. The molecule has 1 spiro atoms. The van der Waals surface area contributed by atoms with E-state index in [1.54, 1.807) is 18.3 Å². The third-order valence-corrected chi connectivity index (χ3v) is 9.26. The summed E-state index contributed by atoms with van der Waals surface area (Å²) in [7, 11) is 1.78. The van der Waals surface area contributed by atoms with Crippen LogP contribution in [0.1, 0.15) is 58.8 Å². The molecule has 0 aromatic carbocycles. The van der Waals surface area contributed by atoms with Crippen LogP contribution in [0.3, 0.4) is 0 Å². The molecule has 0 aromatic rings. The first-order chi connectivity index (χ1) is 11.9. The predicted molar refractivity (Wildman–Crippen MR) is 95.5 cm³/mol. The topological polar surface area (TPSA) is 29.5 Å². The van der Waals surface area contributed by atoms with E-state index in [0.29, 0.717) is 30.1 Å². The van der Waals surface area contributed by atoms with Crippen LogP contribution in [0.4, 0.5) is 4.39 Å². The van der Waals surface area contributed by atoms with Crippen LogP contribution in [-0.2, 0) is 4.74 Å². The number of aliphatic hydroxyl groups excluding tert-OH is 1. The lowest BCUT2D eigenvalue weighted by atomic mass is 9.48. The van der Waals surface area contributed by atoms with Crippen molar-refractivity contribution in [2.24, 2.45) is 34.5 Å². The van der Waals surface area contributed by atoms with Gasteiger partial charge in [-0.2, -0.15) is 0 Å². The third-order valence-electron chi connectivity index (χ3n) is 9.26.